The molecule has 1 aliphatic heterocycles. The van der Waals surface area contributed by atoms with Gasteiger partial charge < -0.3 is 28.8 Å². The Balaban J connectivity index is 3.58. The molecule has 10 heteroatoms. The van der Waals surface area contributed by atoms with Gasteiger partial charge in [0.2, 0.25) is 6.10 Å². The van der Waals surface area contributed by atoms with Gasteiger partial charge >= 0.3 is 23.9 Å². The topological polar surface area (TPSA) is 135 Å². The minimum atomic E-state index is -1.85. The minimum absolute atomic E-state index is 0.0611. The lowest BCUT2D eigenvalue weighted by molar-refractivity contribution is -0.357. The van der Waals surface area contributed by atoms with Crippen LogP contribution in [-0.4, -0.2) is 65.8 Å². The standard InChI is InChI=1S/C18H28O10/c1-9(2)7-18(27-13(6)23)17(26-12(5)22)16(25-11(4)21)15(24-10(3)20)14(8-19)28-18/h9,14-17,19H,7-8H2,1-6H3/t14-,15+,16+,17-,18-/m1/s1. The maximum atomic E-state index is 11.8. The molecule has 1 rings (SSSR count). The summed E-state index contributed by atoms with van der Waals surface area (Å²) in [6.07, 6.45) is -5.21. The van der Waals surface area contributed by atoms with Gasteiger partial charge in [0.1, 0.15) is 6.10 Å². The third-order valence-corrected chi connectivity index (χ3v) is 3.86. The van der Waals surface area contributed by atoms with E-state index in [-0.39, 0.29) is 12.3 Å². The van der Waals surface area contributed by atoms with Crippen molar-refractivity contribution >= 4 is 23.9 Å². The highest BCUT2D eigenvalue weighted by Crippen LogP contribution is 2.40. The van der Waals surface area contributed by atoms with Crippen LogP contribution in [0, 0.1) is 5.92 Å². The summed E-state index contributed by atoms with van der Waals surface area (Å²) in [4.78, 5) is 46.8. The van der Waals surface area contributed by atoms with Gasteiger partial charge in [-0.2, -0.15) is 0 Å². The summed E-state index contributed by atoms with van der Waals surface area (Å²) in [5.41, 5.74) is 0. The molecule has 0 spiro atoms. The first-order valence-corrected chi connectivity index (χ1v) is 8.91. The summed E-state index contributed by atoms with van der Waals surface area (Å²) in [6, 6.07) is 0. The van der Waals surface area contributed by atoms with Crippen LogP contribution in [-0.2, 0) is 42.9 Å². The second kappa shape index (κ2) is 9.83. The highest BCUT2D eigenvalue weighted by molar-refractivity contribution is 5.69. The largest absolute Gasteiger partial charge is 0.456 e. The Morgan fingerprint density at radius 2 is 1.39 bits per heavy atom. The smallest absolute Gasteiger partial charge is 0.305 e. The van der Waals surface area contributed by atoms with E-state index in [0.29, 0.717) is 0 Å². The van der Waals surface area contributed by atoms with E-state index in [4.69, 9.17) is 23.7 Å². The Kier molecular flexibility index (Phi) is 8.37. The molecule has 0 unspecified atom stereocenters. The van der Waals surface area contributed by atoms with Gasteiger partial charge in [0.05, 0.1) is 6.61 Å². The van der Waals surface area contributed by atoms with E-state index in [1.165, 1.54) is 0 Å². The molecule has 0 amide bonds. The van der Waals surface area contributed by atoms with E-state index < -0.39 is 60.7 Å². The fraction of sp³-hybridized carbons (Fsp3) is 0.778. The Morgan fingerprint density at radius 3 is 1.79 bits per heavy atom. The summed E-state index contributed by atoms with van der Waals surface area (Å²) in [5.74, 6) is -4.93. The quantitative estimate of drug-likeness (QED) is 0.471. The number of carbonyl (C=O) groups excluding carboxylic acids is 4. The van der Waals surface area contributed by atoms with Crippen molar-refractivity contribution in [3.8, 4) is 0 Å². The Hall–Kier alpha value is -2.20. The molecule has 5 atom stereocenters. The molecule has 0 aromatic heterocycles. The average Bonchev–Trinajstić information content (AvgIpc) is 2.50. The van der Waals surface area contributed by atoms with Gasteiger partial charge in [-0.25, -0.2) is 0 Å². The van der Waals surface area contributed by atoms with Crippen molar-refractivity contribution in [3.63, 3.8) is 0 Å². The van der Waals surface area contributed by atoms with E-state index in [1.54, 1.807) is 0 Å². The number of carbonyl (C=O) groups is 4. The predicted molar refractivity (Wildman–Crippen MR) is 92.6 cm³/mol. The molecule has 1 N–H and O–H groups in total. The summed E-state index contributed by atoms with van der Waals surface area (Å²) >= 11 is 0. The predicted octanol–water partition coefficient (Wildman–Crippen LogP) is 0.478. The first-order chi connectivity index (χ1) is 12.9. The molecular weight excluding hydrogens is 376 g/mol. The van der Waals surface area contributed by atoms with E-state index in [0.717, 1.165) is 27.7 Å². The molecule has 1 heterocycles. The Morgan fingerprint density at radius 1 is 0.893 bits per heavy atom. The first kappa shape index (κ1) is 23.8. The minimum Gasteiger partial charge on any atom is -0.456 e. The van der Waals surface area contributed by atoms with Crippen molar-refractivity contribution in [2.45, 2.75) is 78.2 Å². The normalized spacial score (nSPS) is 29.7. The number of hydrogen-bond acceptors (Lipinski definition) is 10. The highest BCUT2D eigenvalue weighted by atomic mass is 16.8. The van der Waals surface area contributed by atoms with Crippen LogP contribution in [0.3, 0.4) is 0 Å². The zero-order chi connectivity index (χ0) is 21.6. The maximum Gasteiger partial charge on any atom is 0.305 e. The number of ether oxygens (including phenoxy) is 5. The van der Waals surface area contributed by atoms with Crippen LogP contribution in [0.5, 0.6) is 0 Å². The summed E-state index contributed by atoms with van der Waals surface area (Å²) < 4.78 is 27.1. The number of rotatable bonds is 7. The molecule has 0 radical (unpaired) electrons. The molecular formula is C18H28O10. The van der Waals surface area contributed by atoms with Crippen LogP contribution in [0.1, 0.15) is 48.0 Å². The third-order valence-electron chi connectivity index (χ3n) is 3.86. The number of esters is 4. The third kappa shape index (κ3) is 6.16. The molecule has 160 valence electrons. The lowest BCUT2D eigenvalue weighted by atomic mass is 9.86. The van der Waals surface area contributed by atoms with Gasteiger partial charge in [-0.1, -0.05) is 13.8 Å². The van der Waals surface area contributed by atoms with Crippen molar-refractivity contribution in [1.82, 2.24) is 0 Å². The zero-order valence-electron chi connectivity index (χ0n) is 16.9. The highest BCUT2D eigenvalue weighted by Gasteiger charge is 2.61. The van der Waals surface area contributed by atoms with Crippen molar-refractivity contribution in [2.24, 2.45) is 5.92 Å². The molecule has 0 aromatic rings. The summed E-state index contributed by atoms with van der Waals surface area (Å²) in [7, 11) is 0. The average molecular weight is 404 g/mol. The van der Waals surface area contributed by atoms with Crippen LogP contribution in [0.4, 0.5) is 0 Å². The molecule has 10 nitrogen and oxygen atoms in total. The fourth-order valence-corrected chi connectivity index (χ4v) is 3.26. The second-order valence-electron chi connectivity index (χ2n) is 7.02. The fourth-order valence-electron chi connectivity index (χ4n) is 3.26. The van der Waals surface area contributed by atoms with E-state index >= 15 is 0 Å². The van der Waals surface area contributed by atoms with E-state index in [1.807, 2.05) is 13.8 Å². The summed E-state index contributed by atoms with van der Waals surface area (Å²) in [5, 5.41) is 9.79. The molecule has 0 aromatic carbocycles. The second-order valence-corrected chi connectivity index (χ2v) is 7.02. The maximum absolute atomic E-state index is 11.8. The van der Waals surface area contributed by atoms with Crippen LogP contribution >= 0.6 is 0 Å². The Labute approximate surface area is 163 Å². The van der Waals surface area contributed by atoms with Gasteiger partial charge in [-0.05, 0) is 5.92 Å². The molecule has 0 bridgehead atoms. The molecule has 0 saturated carbocycles. The number of aliphatic hydroxyl groups is 1. The van der Waals surface area contributed by atoms with Gasteiger partial charge in [0.15, 0.2) is 12.2 Å². The van der Waals surface area contributed by atoms with Crippen LogP contribution in [0.15, 0.2) is 0 Å². The lowest BCUT2D eigenvalue weighted by Crippen LogP contribution is -2.69. The van der Waals surface area contributed by atoms with Crippen molar-refractivity contribution < 1.29 is 48.0 Å². The monoisotopic (exact) mass is 404 g/mol. The van der Waals surface area contributed by atoms with Crippen LogP contribution < -0.4 is 0 Å². The molecule has 0 aliphatic carbocycles. The SMILES string of the molecule is CC(=O)O[C@@H]1[C@H](OC(C)=O)[C@@H](OC(C)=O)[C@](CC(C)C)(OC(C)=O)O[C@@H]1CO. The van der Waals surface area contributed by atoms with Crippen molar-refractivity contribution in [1.29, 1.82) is 0 Å². The zero-order valence-corrected chi connectivity index (χ0v) is 16.9. The van der Waals surface area contributed by atoms with Gasteiger partial charge in [-0.15, -0.1) is 0 Å². The first-order valence-electron chi connectivity index (χ1n) is 8.91. The number of aliphatic hydroxyl groups excluding tert-OH is 1. The molecule has 1 fully saturated rings. The van der Waals surface area contributed by atoms with Gasteiger partial charge in [0, 0.05) is 34.1 Å². The summed E-state index contributed by atoms with van der Waals surface area (Å²) in [6.45, 7) is 7.50. The van der Waals surface area contributed by atoms with Crippen molar-refractivity contribution in [2.75, 3.05) is 6.61 Å². The van der Waals surface area contributed by atoms with E-state index in [9.17, 15) is 24.3 Å². The van der Waals surface area contributed by atoms with Gasteiger partial charge in [0.25, 0.3) is 5.79 Å². The van der Waals surface area contributed by atoms with Crippen LogP contribution in [0.2, 0.25) is 0 Å². The molecule has 1 saturated heterocycles. The number of hydrogen-bond donors (Lipinski definition) is 1. The van der Waals surface area contributed by atoms with Crippen molar-refractivity contribution in [3.05, 3.63) is 0 Å². The Bertz CT molecular complexity index is 601. The van der Waals surface area contributed by atoms with Gasteiger partial charge in [-0.3, -0.25) is 19.2 Å². The molecule has 1 aliphatic rings. The molecule has 28 heavy (non-hydrogen) atoms. The lowest BCUT2D eigenvalue weighted by Gasteiger charge is -2.50. The van der Waals surface area contributed by atoms with Crippen LogP contribution in [0.25, 0.3) is 0 Å². The van der Waals surface area contributed by atoms with E-state index in [2.05, 4.69) is 0 Å².